The maximum Gasteiger partial charge on any atom is 0.225 e. The summed E-state index contributed by atoms with van der Waals surface area (Å²) in [6.07, 6.45) is 8.96. The van der Waals surface area contributed by atoms with Crippen LogP contribution in [0.5, 0.6) is 0 Å². The lowest BCUT2D eigenvalue weighted by Gasteiger charge is -2.30. The van der Waals surface area contributed by atoms with Gasteiger partial charge in [0.25, 0.3) is 0 Å². The molecule has 2 fully saturated rings. The first kappa shape index (κ1) is 13.4. The van der Waals surface area contributed by atoms with Crippen molar-refractivity contribution in [3.8, 4) is 0 Å². The molecule has 1 saturated carbocycles. The first-order valence-electron chi connectivity index (χ1n) is 7.90. The van der Waals surface area contributed by atoms with Gasteiger partial charge in [0.05, 0.1) is 0 Å². The first-order chi connectivity index (χ1) is 10.8. The van der Waals surface area contributed by atoms with E-state index in [-0.39, 0.29) is 0 Å². The number of aryl methyl sites for hydroxylation is 1. The third kappa shape index (κ3) is 2.61. The maximum atomic E-state index is 4.55. The van der Waals surface area contributed by atoms with E-state index in [0.29, 0.717) is 12.1 Å². The molecule has 0 radical (unpaired) electrons. The molecule has 0 aromatic carbocycles. The van der Waals surface area contributed by atoms with Crippen molar-refractivity contribution < 1.29 is 0 Å². The molecule has 1 unspecified atom stereocenters. The highest BCUT2D eigenvalue weighted by Crippen LogP contribution is 2.35. The molecule has 22 heavy (non-hydrogen) atoms. The van der Waals surface area contributed by atoms with E-state index in [2.05, 4.69) is 29.7 Å². The lowest BCUT2D eigenvalue weighted by atomic mass is 10.2. The average Bonchev–Trinajstić information content (AvgIpc) is 3.25. The highest BCUT2D eigenvalue weighted by atomic mass is 15.3. The van der Waals surface area contributed by atoms with Crippen LogP contribution in [-0.4, -0.2) is 45.1 Å². The van der Waals surface area contributed by atoms with Gasteiger partial charge < -0.3 is 9.80 Å². The summed E-state index contributed by atoms with van der Waals surface area (Å²) in [5.74, 6) is 1.90. The molecule has 2 aromatic heterocycles. The summed E-state index contributed by atoms with van der Waals surface area (Å²) < 4.78 is 0. The van der Waals surface area contributed by atoms with Crippen molar-refractivity contribution in [3.05, 3.63) is 36.5 Å². The number of anilines is 2. The van der Waals surface area contributed by atoms with Gasteiger partial charge in [0.15, 0.2) is 0 Å². The van der Waals surface area contributed by atoms with Crippen molar-refractivity contribution in [1.29, 1.82) is 0 Å². The molecule has 1 atom stereocenters. The second-order valence-corrected chi connectivity index (χ2v) is 6.09. The molecule has 114 valence electrons. The van der Waals surface area contributed by atoms with Crippen molar-refractivity contribution in [2.24, 2.45) is 0 Å². The number of hydrogen-bond donors (Lipinski definition) is 0. The van der Waals surface area contributed by atoms with Gasteiger partial charge in [-0.25, -0.2) is 19.9 Å². The normalized spacial score (nSPS) is 21.1. The van der Waals surface area contributed by atoms with Crippen LogP contribution < -0.4 is 9.80 Å². The van der Waals surface area contributed by atoms with Crippen molar-refractivity contribution in [3.63, 3.8) is 0 Å². The van der Waals surface area contributed by atoms with Crippen LogP contribution in [0.4, 0.5) is 11.8 Å². The minimum atomic E-state index is 0.478. The fourth-order valence-electron chi connectivity index (χ4n) is 3.20. The zero-order valence-corrected chi connectivity index (χ0v) is 12.8. The standard InChI is InChI=1S/C16H20N6/c1-12-4-8-18-16(20-12)21-9-6-14(10-21)22(13-2-3-13)15-5-7-17-11-19-15/h4-5,7-8,11,13-14H,2-3,6,9-10H2,1H3. The molecule has 3 heterocycles. The largest absolute Gasteiger partial charge is 0.349 e. The molecule has 0 N–H and O–H groups in total. The Labute approximate surface area is 130 Å². The van der Waals surface area contributed by atoms with Gasteiger partial charge in [0.1, 0.15) is 12.1 Å². The van der Waals surface area contributed by atoms with Crippen LogP contribution in [0.1, 0.15) is 25.0 Å². The molecule has 0 spiro atoms. The molecule has 4 rings (SSSR count). The molecule has 2 aliphatic rings. The minimum Gasteiger partial charge on any atom is -0.349 e. The summed E-state index contributed by atoms with van der Waals surface area (Å²) in [5, 5.41) is 0. The second-order valence-electron chi connectivity index (χ2n) is 6.09. The van der Waals surface area contributed by atoms with Crippen LogP contribution >= 0.6 is 0 Å². The number of rotatable bonds is 4. The van der Waals surface area contributed by atoms with Gasteiger partial charge in [0, 0.05) is 43.3 Å². The van der Waals surface area contributed by atoms with Gasteiger partial charge in [-0.05, 0) is 38.3 Å². The van der Waals surface area contributed by atoms with E-state index < -0.39 is 0 Å². The van der Waals surface area contributed by atoms with E-state index in [1.54, 1.807) is 6.33 Å². The quantitative estimate of drug-likeness (QED) is 0.858. The van der Waals surface area contributed by atoms with Crippen molar-refractivity contribution in [2.75, 3.05) is 22.9 Å². The van der Waals surface area contributed by atoms with E-state index in [1.165, 1.54) is 12.8 Å². The van der Waals surface area contributed by atoms with Crippen LogP contribution in [0.15, 0.2) is 30.9 Å². The predicted molar refractivity (Wildman–Crippen MR) is 84.9 cm³/mol. The first-order valence-corrected chi connectivity index (χ1v) is 7.90. The van der Waals surface area contributed by atoms with Crippen molar-refractivity contribution in [2.45, 2.75) is 38.3 Å². The van der Waals surface area contributed by atoms with Gasteiger partial charge >= 0.3 is 0 Å². The summed E-state index contributed by atoms with van der Waals surface area (Å²) in [7, 11) is 0. The molecule has 0 bridgehead atoms. The molecular formula is C16H20N6. The maximum absolute atomic E-state index is 4.55. The van der Waals surface area contributed by atoms with E-state index in [1.807, 2.05) is 31.5 Å². The predicted octanol–water partition coefficient (Wildman–Crippen LogP) is 1.82. The van der Waals surface area contributed by atoms with Crippen molar-refractivity contribution >= 4 is 11.8 Å². The third-order valence-corrected chi connectivity index (χ3v) is 4.39. The van der Waals surface area contributed by atoms with Gasteiger partial charge in [-0.3, -0.25) is 0 Å². The molecule has 1 aliphatic carbocycles. The van der Waals surface area contributed by atoms with Crippen LogP contribution in [0.25, 0.3) is 0 Å². The Morgan fingerprint density at radius 2 is 2.00 bits per heavy atom. The number of aromatic nitrogens is 4. The highest BCUT2D eigenvalue weighted by molar-refractivity contribution is 5.44. The zero-order valence-electron chi connectivity index (χ0n) is 12.8. The Kier molecular flexibility index (Phi) is 3.36. The van der Waals surface area contributed by atoms with Crippen LogP contribution in [-0.2, 0) is 0 Å². The lowest BCUT2D eigenvalue weighted by molar-refractivity contribution is 0.624. The topological polar surface area (TPSA) is 58.0 Å². The van der Waals surface area contributed by atoms with E-state index in [4.69, 9.17) is 0 Å². The average molecular weight is 296 g/mol. The second kappa shape index (κ2) is 5.51. The lowest BCUT2D eigenvalue weighted by Crippen LogP contribution is -2.40. The molecular weight excluding hydrogens is 276 g/mol. The summed E-state index contributed by atoms with van der Waals surface area (Å²) >= 11 is 0. The Morgan fingerprint density at radius 1 is 1.09 bits per heavy atom. The minimum absolute atomic E-state index is 0.478. The van der Waals surface area contributed by atoms with Crippen molar-refractivity contribution in [1.82, 2.24) is 19.9 Å². The molecule has 1 aliphatic heterocycles. The fourth-order valence-corrected chi connectivity index (χ4v) is 3.20. The Balaban J connectivity index is 1.53. The molecule has 0 amide bonds. The van der Waals surface area contributed by atoms with Crippen LogP contribution in [0.3, 0.4) is 0 Å². The SMILES string of the molecule is Cc1ccnc(N2CCC(N(c3ccncn3)C3CC3)C2)n1. The van der Waals surface area contributed by atoms with Gasteiger partial charge in [0.2, 0.25) is 5.95 Å². The number of nitrogens with zero attached hydrogens (tertiary/aromatic N) is 6. The fraction of sp³-hybridized carbons (Fsp3) is 0.500. The van der Waals surface area contributed by atoms with Gasteiger partial charge in [-0.2, -0.15) is 0 Å². The van der Waals surface area contributed by atoms with Crippen LogP contribution in [0.2, 0.25) is 0 Å². The Morgan fingerprint density at radius 3 is 2.73 bits per heavy atom. The summed E-state index contributed by atoms with van der Waals surface area (Å²) in [6.45, 7) is 3.97. The van der Waals surface area contributed by atoms with Gasteiger partial charge in [-0.1, -0.05) is 0 Å². The van der Waals surface area contributed by atoms with Crippen LogP contribution in [0, 0.1) is 6.92 Å². The third-order valence-electron chi connectivity index (χ3n) is 4.39. The molecule has 6 nitrogen and oxygen atoms in total. The van der Waals surface area contributed by atoms with Gasteiger partial charge in [-0.15, -0.1) is 0 Å². The monoisotopic (exact) mass is 296 g/mol. The molecule has 6 heteroatoms. The van der Waals surface area contributed by atoms with E-state index >= 15 is 0 Å². The number of hydrogen-bond acceptors (Lipinski definition) is 6. The van der Waals surface area contributed by atoms with E-state index in [0.717, 1.165) is 37.0 Å². The zero-order chi connectivity index (χ0) is 14.9. The smallest absolute Gasteiger partial charge is 0.225 e. The highest BCUT2D eigenvalue weighted by Gasteiger charge is 2.38. The molecule has 1 saturated heterocycles. The summed E-state index contributed by atoms with van der Waals surface area (Å²) in [5.41, 5.74) is 1.02. The summed E-state index contributed by atoms with van der Waals surface area (Å²) in [4.78, 5) is 22.2. The van der Waals surface area contributed by atoms with E-state index in [9.17, 15) is 0 Å². The Hall–Kier alpha value is -2.24. The molecule has 2 aromatic rings. The Bertz CT molecular complexity index is 642. The summed E-state index contributed by atoms with van der Waals surface area (Å²) in [6, 6.07) is 5.07.